The fraction of sp³-hybridized carbons (Fsp3) is 0.250. The molecule has 0 spiro atoms. The molecule has 1 aliphatic carbocycles. The van der Waals surface area contributed by atoms with Gasteiger partial charge in [-0.25, -0.2) is 4.21 Å². The molecule has 0 aromatic rings. The highest BCUT2D eigenvalue weighted by molar-refractivity contribution is 7.67. The zero-order valence-corrected chi connectivity index (χ0v) is 6.93. The SMILES string of the molecule is CC1=CC(=S=O)C(C=O)C=C1. The van der Waals surface area contributed by atoms with Crippen molar-refractivity contribution in [1.82, 2.24) is 0 Å². The van der Waals surface area contributed by atoms with Crippen LogP contribution in [0, 0.1) is 5.92 Å². The van der Waals surface area contributed by atoms with Crippen molar-refractivity contribution in [3.63, 3.8) is 0 Å². The van der Waals surface area contributed by atoms with Crippen LogP contribution in [-0.2, 0) is 16.1 Å². The first kappa shape index (κ1) is 8.14. The van der Waals surface area contributed by atoms with Crippen molar-refractivity contribution in [2.75, 3.05) is 0 Å². The Balaban J connectivity index is 3.01. The van der Waals surface area contributed by atoms with Crippen LogP contribution in [0.1, 0.15) is 6.92 Å². The van der Waals surface area contributed by atoms with E-state index in [4.69, 9.17) is 0 Å². The van der Waals surface area contributed by atoms with Crippen LogP contribution in [0.2, 0.25) is 0 Å². The zero-order chi connectivity index (χ0) is 8.27. The highest BCUT2D eigenvalue weighted by Crippen LogP contribution is 2.10. The lowest BCUT2D eigenvalue weighted by molar-refractivity contribution is -0.108. The van der Waals surface area contributed by atoms with Crippen LogP contribution in [0.25, 0.3) is 0 Å². The number of carbonyl (C=O) groups is 1. The summed E-state index contributed by atoms with van der Waals surface area (Å²) in [6, 6.07) is 0. The summed E-state index contributed by atoms with van der Waals surface area (Å²) in [5, 5.41) is 0. The highest BCUT2D eigenvalue weighted by Gasteiger charge is 2.12. The third kappa shape index (κ3) is 1.74. The molecule has 1 aliphatic rings. The molecule has 3 heteroatoms. The summed E-state index contributed by atoms with van der Waals surface area (Å²) >= 11 is 0.390. The first-order chi connectivity index (χ1) is 5.27. The molecule has 0 fully saturated rings. The van der Waals surface area contributed by atoms with Gasteiger partial charge >= 0.3 is 0 Å². The maximum absolute atomic E-state index is 10.4. The summed E-state index contributed by atoms with van der Waals surface area (Å²) in [6.45, 7) is 1.90. The molecule has 0 aliphatic heterocycles. The van der Waals surface area contributed by atoms with Gasteiger partial charge in [-0.2, -0.15) is 0 Å². The van der Waals surface area contributed by atoms with Crippen molar-refractivity contribution < 1.29 is 9.00 Å². The molecular weight excluding hydrogens is 160 g/mol. The van der Waals surface area contributed by atoms with Gasteiger partial charge in [-0.1, -0.05) is 17.7 Å². The Kier molecular flexibility index (Phi) is 2.54. The lowest BCUT2D eigenvalue weighted by atomic mass is 9.99. The largest absolute Gasteiger partial charge is 0.302 e. The van der Waals surface area contributed by atoms with Crippen LogP contribution < -0.4 is 0 Å². The van der Waals surface area contributed by atoms with Gasteiger partial charge in [-0.15, -0.1) is 0 Å². The van der Waals surface area contributed by atoms with E-state index in [0.29, 0.717) is 16.1 Å². The average molecular weight is 168 g/mol. The Bertz CT molecular complexity index is 282. The number of rotatable bonds is 1. The van der Waals surface area contributed by atoms with Crippen molar-refractivity contribution in [3.05, 3.63) is 23.8 Å². The molecule has 2 nitrogen and oxygen atoms in total. The van der Waals surface area contributed by atoms with Crippen LogP contribution in [0.15, 0.2) is 23.8 Å². The molecule has 1 atom stereocenters. The quantitative estimate of drug-likeness (QED) is 0.426. The van der Waals surface area contributed by atoms with Crippen LogP contribution in [-0.4, -0.2) is 15.4 Å². The van der Waals surface area contributed by atoms with Crippen LogP contribution in [0.3, 0.4) is 0 Å². The average Bonchev–Trinajstić information content (AvgIpc) is 2.04. The van der Waals surface area contributed by atoms with Crippen molar-refractivity contribution in [3.8, 4) is 0 Å². The zero-order valence-electron chi connectivity index (χ0n) is 6.11. The van der Waals surface area contributed by atoms with Gasteiger partial charge in [0.15, 0.2) is 0 Å². The predicted octanol–water partition coefficient (Wildman–Crippen LogP) is 0.703. The Morgan fingerprint density at radius 1 is 1.64 bits per heavy atom. The van der Waals surface area contributed by atoms with Crippen LogP contribution >= 0.6 is 0 Å². The maximum atomic E-state index is 10.4. The second-order valence-electron chi connectivity index (χ2n) is 2.40. The van der Waals surface area contributed by atoms with E-state index in [1.54, 1.807) is 12.2 Å². The van der Waals surface area contributed by atoms with E-state index in [0.717, 1.165) is 11.9 Å². The fourth-order valence-electron chi connectivity index (χ4n) is 0.911. The summed E-state index contributed by atoms with van der Waals surface area (Å²) < 4.78 is 10.4. The van der Waals surface area contributed by atoms with Crippen molar-refractivity contribution in [2.45, 2.75) is 6.92 Å². The Morgan fingerprint density at radius 2 is 2.36 bits per heavy atom. The Morgan fingerprint density at radius 3 is 2.91 bits per heavy atom. The van der Waals surface area contributed by atoms with Gasteiger partial charge in [0, 0.05) is 0 Å². The van der Waals surface area contributed by atoms with Crippen LogP contribution in [0.5, 0.6) is 0 Å². The minimum Gasteiger partial charge on any atom is -0.302 e. The number of carbonyl (C=O) groups excluding carboxylic acids is 1. The molecule has 0 saturated heterocycles. The molecule has 1 unspecified atom stereocenters. The third-order valence-electron chi connectivity index (χ3n) is 1.51. The summed E-state index contributed by atoms with van der Waals surface area (Å²) in [5.74, 6) is -0.318. The summed E-state index contributed by atoms with van der Waals surface area (Å²) in [4.78, 5) is 11.0. The topological polar surface area (TPSA) is 34.1 Å². The normalized spacial score (nSPS) is 22.8. The molecule has 1 rings (SSSR count). The van der Waals surface area contributed by atoms with E-state index < -0.39 is 0 Å². The van der Waals surface area contributed by atoms with E-state index in [1.165, 1.54) is 0 Å². The first-order valence-electron chi connectivity index (χ1n) is 3.26. The monoisotopic (exact) mass is 168 g/mol. The number of hydrogen-bond donors (Lipinski definition) is 0. The predicted molar refractivity (Wildman–Crippen MR) is 45.6 cm³/mol. The molecule has 0 aromatic heterocycles. The van der Waals surface area contributed by atoms with Gasteiger partial charge < -0.3 is 4.79 Å². The van der Waals surface area contributed by atoms with Gasteiger partial charge in [-0.05, 0) is 13.0 Å². The lowest BCUT2D eigenvalue weighted by Crippen LogP contribution is -2.13. The molecule has 0 heterocycles. The first-order valence-corrected chi connectivity index (χ1v) is 4.00. The highest BCUT2D eigenvalue weighted by atomic mass is 32.1. The minimum absolute atomic E-state index is 0.318. The van der Waals surface area contributed by atoms with Crippen molar-refractivity contribution >= 4 is 22.4 Å². The van der Waals surface area contributed by atoms with Crippen molar-refractivity contribution in [1.29, 1.82) is 0 Å². The van der Waals surface area contributed by atoms with Crippen LogP contribution in [0.4, 0.5) is 0 Å². The van der Waals surface area contributed by atoms with E-state index in [2.05, 4.69) is 0 Å². The summed E-state index contributed by atoms with van der Waals surface area (Å²) in [7, 11) is 0. The molecular formula is C8H8O2S. The van der Waals surface area contributed by atoms with E-state index in [-0.39, 0.29) is 5.92 Å². The number of hydrogen-bond acceptors (Lipinski definition) is 2. The molecule has 0 aromatic carbocycles. The van der Waals surface area contributed by atoms with E-state index in [1.807, 2.05) is 13.0 Å². The smallest absolute Gasteiger partial charge is 0.132 e. The standard InChI is InChI=1S/C8H8O2S/c1-6-2-3-7(5-9)8(4-6)11-10/h2-5,7H,1H3. The van der Waals surface area contributed by atoms with Gasteiger partial charge in [0.05, 0.1) is 22.0 Å². The van der Waals surface area contributed by atoms with Gasteiger partial charge in [0.25, 0.3) is 0 Å². The van der Waals surface area contributed by atoms with Crippen molar-refractivity contribution in [2.24, 2.45) is 5.92 Å². The third-order valence-corrected chi connectivity index (χ3v) is 2.09. The molecule has 0 radical (unpaired) electrons. The Hall–Kier alpha value is -0.960. The second-order valence-corrected chi connectivity index (χ2v) is 3.03. The fourth-order valence-corrected chi connectivity index (χ4v) is 1.39. The number of aldehydes is 1. The summed E-state index contributed by atoms with van der Waals surface area (Å²) in [5.41, 5.74) is 1.02. The molecule has 0 bridgehead atoms. The maximum Gasteiger partial charge on any atom is 0.132 e. The molecule has 11 heavy (non-hydrogen) atoms. The van der Waals surface area contributed by atoms with E-state index >= 15 is 0 Å². The second kappa shape index (κ2) is 3.44. The van der Waals surface area contributed by atoms with E-state index in [9.17, 15) is 9.00 Å². The molecule has 0 amide bonds. The van der Waals surface area contributed by atoms with Gasteiger partial charge in [0.1, 0.15) is 6.29 Å². The minimum atomic E-state index is -0.318. The lowest BCUT2D eigenvalue weighted by Gasteiger charge is -2.07. The van der Waals surface area contributed by atoms with Gasteiger partial charge in [0.2, 0.25) is 0 Å². The molecule has 0 N–H and O–H groups in total. The molecule has 58 valence electrons. The number of allylic oxidation sites excluding steroid dienone is 4. The molecule has 0 saturated carbocycles. The Labute approximate surface area is 68.7 Å². The summed E-state index contributed by atoms with van der Waals surface area (Å²) in [6.07, 6.45) is 6.11. The van der Waals surface area contributed by atoms with Gasteiger partial charge in [-0.3, -0.25) is 0 Å².